The second-order valence-corrected chi connectivity index (χ2v) is 12.7. The molecule has 0 bridgehead atoms. The van der Waals surface area contributed by atoms with Crippen LogP contribution in [0.2, 0.25) is 0 Å². The average molecular weight is 693 g/mol. The number of aryl methyl sites for hydroxylation is 2. The lowest BCUT2D eigenvalue weighted by Crippen LogP contribution is -1.97. The van der Waals surface area contributed by atoms with Crippen molar-refractivity contribution < 1.29 is 24.8 Å². The Morgan fingerprint density at radius 1 is 0.596 bits per heavy atom. The summed E-state index contributed by atoms with van der Waals surface area (Å²) in [5, 5.41) is 28.1. The van der Waals surface area contributed by atoms with E-state index in [4.69, 9.17) is 14.6 Å². The quantitative estimate of drug-likeness (QED) is 0.0934. The highest BCUT2D eigenvalue weighted by Crippen LogP contribution is 2.30. The summed E-state index contributed by atoms with van der Waals surface area (Å²) in [5.41, 5.74) is 9.84. The molecule has 52 heavy (non-hydrogen) atoms. The number of aliphatic hydroxyl groups is 1. The second-order valence-electron chi connectivity index (χ2n) is 12.7. The van der Waals surface area contributed by atoms with Crippen molar-refractivity contribution in [3.63, 3.8) is 0 Å². The molecule has 0 saturated carbocycles. The standard InChI is InChI=1S/C31H30O2.C16H18O3/c1-25-11-10-17-28(21-25)29-18-19-31(33-24-27-14-6-3-7-15-27)30(22-29)16-8-9-20-32-23-26-12-4-2-5-13-26;17-9-2-1-4-14-10-13(7-8-16(14)19)12-5-3-6-15(18)11-12/h2-8,10-19,21-22H,9,20,23-24H2,1H3;3,5-8,10-11,17-19H,1-2,4,9H2/b16-8+;. The molecule has 0 aliphatic rings. The summed E-state index contributed by atoms with van der Waals surface area (Å²) in [4.78, 5) is 0. The summed E-state index contributed by atoms with van der Waals surface area (Å²) >= 11 is 0. The molecule has 0 unspecified atom stereocenters. The van der Waals surface area contributed by atoms with E-state index in [1.165, 1.54) is 22.3 Å². The van der Waals surface area contributed by atoms with E-state index in [1.807, 2.05) is 54.6 Å². The largest absolute Gasteiger partial charge is 0.508 e. The summed E-state index contributed by atoms with van der Waals surface area (Å²) in [6.45, 7) is 4.17. The van der Waals surface area contributed by atoms with Crippen LogP contribution in [0.3, 0.4) is 0 Å². The molecule has 0 fully saturated rings. The molecule has 5 heteroatoms. The number of benzene rings is 6. The molecule has 0 amide bonds. The average Bonchev–Trinajstić information content (AvgIpc) is 3.17. The van der Waals surface area contributed by atoms with Crippen LogP contribution in [0.5, 0.6) is 17.2 Å². The molecule has 0 saturated heterocycles. The van der Waals surface area contributed by atoms with Gasteiger partial charge in [-0.3, -0.25) is 0 Å². The van der Waals surface area contributed by atoms with Crippen LogP contribution in [0.4, 0.5) is 0 Å². The lowest BCUT2D eigenvalue weighted by atomic mass is 9.99. The predicted octanol–water partition coefficient (Wildman–Crippen LogP) is 10.9. The normalized spacial score (nSPS) is 10.9. The minimum Gasteiger partial charge on any atom is -0.508 e. The Balaban J connectivity index is 0.000000233. The van der Waals surface area contributed by atoms with Crippen molar-refractivity contribution in [1.82, 2.24) is 0 Å². The van der Waals surface area contributed by atoms with Crippen LogP contribution in [0.1, 0.15) is 47.1 Å². The van der Waals surface area contributed by atoms with Gasteiger partial charge in [0.2, 0.25) is 0 Å². The van der Waals surface area contributed by atoms with Gasteiger partial charge in [0.15, 0.2) is 0 Å². The Hall–Kier alpha value is -5.62. The van der Waals surface area contributed by atoms with Gasteiger partial charge in [0, 0.05) is 12.2 Å². The van der Waals surface area contributed by atoms with E-state index in [9.17, 15) is 10.2 Å². The van der Waals surface area contributed by atoms with Crippen LogP contribution in [0.25, 0.3) is 28.3 Å². The predicted molar refractivity (Wildman–Crippen MR) is 212 cm³/mol. The molecule has 0 radical (unpaired) electrons. The van der Waals surface area contributed by atoms with E-state index in [0.29, 0.717) is 19.8 Å². The van der Waals surface area contributed by atoms with E-state index in [0.717, 1.165) is 59.3 Å². The molecule has 0 atom stereocenters. The zero-order valence-corrected chi connectivity index (χ0v) is 29.8. The molecule has 0 spiro atoms. The number of aliphatic hydroxyl groups excluding tert-OH is 1. The maximum absolute atomic E-state index is 9.82. The molecule has 266 valence electrons. The lowest BCUT2D eigenvalue weighted by Gasteiger charge is -2.12. The van der Waals surface area contributed by atoms with Gasteiger partial charge in [-0.1, -0.05) is 127 Å². The van der Waals surface area contributed by atoms with Crippen molar-refractivity contribution in [3.8, 4) is 39.5 Å². The first kappa shape index (κ1) is 37.6. The van der Waals surface area contributed by atoms with Gasteiger partial charge in [-0.15, -0.1) is 0 Å². The highest BCUT2D eigenvalue weighted by Gasteiger charge is 2.07. The van der Waals surface area contributed by atoms with Crippen molar-refractivity contribution in [2.75, 3.05) is 13.2 Å². The van der Waals surface area contributed by atoms with Gasteiger partial charge in [-0.25, -0.2) is 0 Å². The first-order valence-corrected chi connectivity index (χ1v) is 17.9. The van der Waals surface area contributed by atoms with Gasteiger partial charge in [0.1, 0.15) is 23.9 Å². The number of phenols is 2. The Bertz CT molecular complexity index is 1990. The Morgan fingerprint density at radius 2 is 1.25 bits per heavy atom. The lowest BCUT2D eigenvalue weighted by molar-refractivity contribution is 0.125. The molecule has 0 heterocycles. The summed E-state index contributed by atoms with van der Waals surface area (Å²) in [5.74, 6) is 1.39. The zero-order valence-electron chi connectivity index (χ0n) is 29.8. The molecule has 5 nitrogen and oxygen atoms in total. The van der Waals surface area contributed by atoms with Crippen LogP contribution < -0.4 is 4.74 Å². The number of ether oxygens (including phenoxy) is 2. The fraction of sp³-hybridized carbons (Fsp3) is 0.191. The smallest absolute Gasteiger partial charge is 0.127 e. The summed E-state index contributed by atoms with van der Waals surface area (Å²) in [6, 6.07) is 48.0. The first-order valence-electron chi connectivity index (χ1n) is 17.9. The number of aromatic hydroxyl groups is 2. The third-order valence-corrected chi connectivity index (χ3v) is 8.55. The molecule has 6 rings (SSSR count). The number of unbranched alkanes of at least 4 members (excludes halogenated alkanes) is 1. The minimum atomic E-state index is 0.174. The molecule has 0 aliphatic heterocycles. The highest BCUT2D eigenvalue weighted by molar-refractivity contribution is 5.71. The molecular weight excluding hydrogens is 645 g/mol. The third-order valence-electron chi connectivity index (χ3n) is 8.55. The fourth-order valence-corrected chi connectivity index (χ4v) is 5.75. The van der Waals surface area contributed by atoms with E-state index >= 15 is 0 Å². The van der Waals surface area contributed by atoms with E-state index in [2.05, 4.69) is 85.8 Å². The van der Waals surface area contributed by atoms with Crippen molar-refractivity contribution in [2.45, 2.75) is 45.8 Å². The Morgan fingerprint density at radius 3 is 1.96 bits per heavy atom. The van der Waals surface area contributed by atoms with Gasteiger partial charge in [-0.2, -0.15) is 0 Å². The van der Waals surface area contributed by atoms with E-state index in [-0.39, 0.29) is 18.1 Å². The molecule has 6 aromatic rings. The Labute approximate surface area is 308 Å². The summed E-state index contributed by atoms with van der Waals surface area (Å²) < 4.78 is 12.0. The van der Waals surface area contributed by atoms with Crippen LogP contribution in [-0.2, 0) is 24.4 Å². The minimum absolute atomic E-state index is 0.174. The summed E-state index contributed by atoms with van der Waals surface area (Å²) in [6.07, 6.45) is 7.46. The van der Waals surface area contributed by atoms with Crippen LogP contribution >= 0.6 is 0 Å². The third kappa shape index (κ3) is 12.0. The monoisotopic (exact) mass is 692 g/mol. The van der Waals surface area contributed by atoms with Gasteiger partial charge in [0.05, 0.1) is 13.2 Å². The van der Waals surface area contributed by atoms with E-state index < -0.39 is 0 Å². The van der Waals surface area contributed by atoms with E-state index in [1.54, 1.807) is 24.3 Å². The molecule has 3 N–H and O–H groups in total. The van der Waals surface area contributed by atoms with Gasteiger partial charge < -0.3 is 24.8 Å². The van der Waals surface area contributed by atoms with Crippen molar-refractivity contribution in [3.05, 3.63) is 179 Å². The molecule has 0 aliphatic carbocycles. The Kier molecular flexibility index (Phi) is 14.7. The van der Waals surface area contributed by atoms with Gasteiger partial charge in [0.25, 0.3) is 0 Å². The van der Waals surface area contributed by atoms with Crippen molar-refractivity contribution in [1.29, 1.82) is 0 Å². The maximum atomic E-state index is 9.82. The topological polar surface area (TPSA) is 79.2 Å². The number of phenolic OH excluding ortho intramolecular Hbond substituents is 2. The SMILES string of the molecule is Cc1cccc(-c2ccc(OCc3ccccc3)c(/C=C/CCOCc3ccccc3)c2)c1.OCCCCc1cc(-c2cccc(O)c2)ccc1O. The second kappa shape index (κ2) is 20.3. The number of hydrogen-bond donors (Lipinski definition) is 3. The molecule has 0 aromatic heterocycles. The van der Waals surface area contributed by atoms with Crippen molar-refractivity contribution >= 4 is 6.08 Å². The fourth-order valence-electron chi connectivity index (χ4n) is 5.75. The molecular formula is C47H48O5. The van der Waals surface area contributed by atoms with Crippen molar-refractivity contribution in [2.24, 2.45) is 0 Å². The van der Waals surface area contributed by atoms with Crippen LogP contribution in [-0.4, -0.2) is 28.5 Å². The van der Waals surface area contributed by atoms with Crippen LogP contribution in [0, 0.1) is 6.92 Å². The van der Waals surface area contributed by atoms with Crippen LogP contribution in [0.15, 0.2) is 152 Å². The first-order chi connectivity index (χ1) is 25.5. The zero-order chi connectivity index (χ0) is 36.4. The van der Waals surface area contributed by atoms with Gasteiger partial charge in [-0.05, 0) is 108 Å². The summed E-state index contributed by atoms with van der Waals surface area (Å²) in [7, 11) is 0. The van der Waals surface area contributed by atoms with Gasteiger partial charge >= 0.3 is 0 Å². The molecule has 6 aromatic carbocycles. The number of hydrogen-bond acceptors (Lipinski definition) is 5. The highest BCUT2D eigenvalue weighted by atomic mass is 16.5. The maximum Gasteiger partial charge on any atom is 0.127 e. The number of rotatable bonds is 15.